The van der Waals surface area contributed by atoms with Crippen LogP contribution in [-0.2, 0) is 4.74 Å². The van der Waals surface area contributed by atoms with Crippen molar-refractivity contribution in [3.8, 4) is 0 Å². The highest BCUT2D eigenvalue weighted by Gasteiger charge is 2.26. The standard InChI is InChI=1S/C14H8BrNO2/c15-10-1-2-11-12(8-10)13(18-14(11)17)7-9-3-5-16-6-4-9/h1-8H/b13-7-. The molecule has 0 radical (unpaired) electrons. The monoisotopic (exact) mass is 301 g/mol. The minimum Gasteiger partial charge on any atom is -0.422 e. The molecule has 0 saturated heterocycles. The van der Waals surface area contributed by atoms with Crippen LogP contribution in [0.2, 0.25) is 0 Å². The fraction of sp³-hybridized carbons (Fsp3) is 0. The Morgan fingerprint density at radius 1 is 1.11 bits per heavy atom. The van der Waals surface area contributed by atoms with E-state index < -0.39 is 0 Å². The number of carbonyl (C=O) groups is 1. The van der Waals surface area contributed by atoms with E-state index in [1.54, 1.807) is 18.5 Å². The third kappa shape index (κ3) is 1.95. The van der Waals surface area contributed by atoms with E-state index in [0.717, 1.165) is 15.6 Å². The Kier molecular flexibility index (Phi) is 2.72. The summed E-state index contributed by atoms with van der Waals surface area (Å²) in [5, 5.41) is 0. The van der Waals surface area contributed by atoms with Gasteiger partial charge in [-0.05, 0) is 42.0 Å². The molecule has 88 valence electrons. The van der Waals surface area contributed by atoms with Crippen LogP contribution < -0.4 is 0 Å². The summed E-state index contributed by atoms with van der Waals surface area (Å²) in [6.45, 7) is 0. The Morgan fingerprint density at radius 2 is 1.89 bits per heavy atom. The van der Waals surface area contributed by atoms with E-state index in [-0.39, 0.29) is 5.97 Å². The van der Waals surface area contributed by atoms with Crippen LogP contribution in [0.1, 0.15) is 21.5 Å². The van der Waals surface area contributed by atoms with Crippen molar-refractivity contribution < 1.29 is 9.53 Å². The predicted octanol–water partition coefficient (Wildman–Crippen LogP) is 3.51. The van der Waals surface area contributed by atoms with Gasteiger partial charge in [-0.15, -0.1) is 0 Å². The summed E-state index contributed by atoms with van der Waals surface area (Å²) in [5.41, 5.74) is 2.35. The zero-order valence-electron chi connectivity index (χ0n) is 9.26. The van der Waals surface area contributed by atoms with Crippen LogP contribution >= 0.6 is 15.9 Å². The summed E-state index contributed by atoms with van der Waals surface area (Å²) in [6.07, 6.45) is 5.23. The van der Waals surface area contributed by atoms with Crippen molar-refractivity contribution in [1.82, 2.24) is 4.98 Å². The first-order valence-corrected chi connectivity index (χ1v) is 6.17. The number of hydrogen-bond donors (Lipinski definition) is 0. The molecule has 0 bridgehead atoms. The molecule has 0 N–H and O–H groups in total. The summed E-state index contributed by atoms with van der Waals surface area (Å²) in [4.78, 5) is 15.6. The highest BCUT2D eigenvalue weighted by molar-refractivity contribution is 9.10. The minimum atomic E-state index is -0.308. The summed E-state index contributed by atoms with van der Waals surface area (Å²) in [5.74, 6) is 0.264. The number of fused-ring (bicyclic) bond motifs is 1. The van der Waals surface area contributed by atoms with Crippen molar-refractivity contribution in [2.75, 3.05) is 0 Å². The Bertz CT molecular complexity index is 650. The molecule has 3 rings (SSSR count). The van der Waals surface area contributed by atoms with Gasteiger partial charge in [0.05, 0.1) is 5.56 Å². The van der Waals surface area contributed by atoms with Crippen LogP contribution in [-0.4, -0.2) is 11.0 Å². The van der Waals surface area contributed by atoms with Gasteiger partial charge in [-0.1, -0.05) is 15.9 Å². The van der Waals surface area contributed by atoms with E-state index in [0.29, 0.717) is 11.3 Å². The molecule has 0 spiro atoms. The second-order valence-electron chi connectivity index (χ2n) is 3.87. The van der Waals surface area contributed by atoms with Gasteiger partial charge in [0.1, 0.15) is 5.76 Å². The normalized spacial score (nSPS) is 15.6. The molecule has 1 aromatic heterocycles. The number of hydrogen-bond acceptors (Lipinski definition) is 3. The summed E-state index contributed by atoms with van der Waals surface area (Å²) in [6, 6.07) is 9.19. The SMILES string of the molecule is O=C1O/C(=C\c2ccncc2)c2cc(Br)ccc21. The van der Waals surface area contributed by atoms with E-state index in [1.807, 2.05) is 30.3 Å². The lowest BCUT2D eigenvalue weighted by molar-refractivity contribution is 0.0717. The van der Waals surface area contributed by atoms with Gasteiger partial charge in [-0.2, -0.15) is 0 Å². The number of carbonyl (C=O) groups excluding carboxylic acids is 1. The molecule has 3 nitrogen and oxygen atoms in total. The molecule has 0 aliphatic carbocycles. The van der Waals surface area contributed by atoms with Crippen molar-refractivity contribution in [3.05, 3.63) is 63.9 Å². The van der Waals surface area contributed by atoms with Gasteiger partial charge in [0.2, 0.25) is 0 Å². The van der Waals surface area contributed by atoms with E-state index in [9.17, 15) is 4.79 Å². The lowest BCUT2D eigenvalue weighted by atomic mass is 10.1. The van der Waals surface area contributed by atoms with Crippen LogP contribution in [0.3, 0.4) is 0 Å². The second-order valence-corrected chi connectivity index (χ2v) is 4.78. The third-order valence-corrected chi connectivity index (χ3v) is 3.17. The molecular formula is C14H8BrNO2. The quantitative estimate of drug-likeness (QED) is 0.757. The molecule has 18 heavy (non-hydrogen) atoms. The molecule has 0 fully saturated rings. The zero-order valence-corrected chi connectivity index (χ0v) is 10.8. The lowest BCUT2D eigenvalue weighted by Gasteiger charge is -1.99. The number of cyclic esters (lactones) is 1. The van der Waals surface area contributed by atoms with Crippen molar-refractivity contribution in [3.63, 3.8) is 0 Å². The Labute approximate surface area is 112 Å². The molecule has 0 unspecified atom stereocenters. The van der Waals surface area contributed by atoms with E-state index in [1.165, 1.54) is 0 Å². The first-order chi connectivity index (χ1) is 8.74. The first-order valence-electron chi connectivity index (χ1n) is 5.38. The van der Waals surface area contributed by atoms with Crippen molar-refractivity contribution in [2.24, 2.45) is 0 Å². The number of halogens is 1. The maximum atomic E-state index is 11.7. The lowest BCUT2D eigenvalue weighted by Crippen LogP contribution is -1.92. The topological polar surface area (TPSA) is 39.2 Å². The number of aromatic nitrogens is 1. The number of pyridine rings is 1. The van der Waals surface area contributed by atoms with Crippen LogP contribution in [0.25, 0.3) is 11.8 Å². The number of rotatable bonds is 1. The molecule has 0 saturated carbocycles. The summed E-state index contributed by atoms with van der Waals surface area (Å²) in [7, 11) is 0. The van der Waals surface area contributed by atoms with Gasteiger partial charge in [0.15, 0.2) is 0 Å². The molecule has 1 aromatic carbocycles. The minimum absolute atomic E-state index is 0.308. The number of benzene rings is 1. The molecule has 0 amide bonds. The van der Waals surface area contributed by atoms with E-state index >= 15 is 0 Å². The van der Waals surface area contributed by atoms with Gasteiger partial charge in [0, 0.05) is 22.4 Å². The molecule has 2 heterocycles. The average Bonchev–Trinajstić information content (AvgIpc) is 2.67. The fourth-order valence-corrected chi connectivity index (χ4v) is 2.19. The van der Waals surface area contributed by atoms with Crippen LogP contribution in [0, 0.1) is 0 Å². The Morgan fingerprint density at radius 3 is 2.67 bits per heavy atom. The average molecular weight is 302 g/mol. The Hall–Kier alpha value is -1.94. The second kappa shape index (κ2) is 4.38. The predicted molar refractivity (Wildman–Crippen MR) is 71.7 cm³/mol. The smallest absolute Gasteiger partial charge is 0.344 e. The Balaban J connectivity index is 2.10. The van der Waals surface area contributed by atoms with Crippen LogP contribution in [0.15, 0.2) is 47.2 Å². The van der Waals surface area contributed by atoms with Gasteiger partial charge in [0.25, 0.3) is 0 Å². The van der Waals surface area contributed by atoms with Gasteiger partial charge >= 0.3 is 5.97 Å². The molecular weight excluding hydrogens is 294 g/mol. The largest absolute Gasteiger partial charge is 0.422 e. The number of ether oxygens (including phenoxy) is 1. The van der Waals surface area contributed by atoms with Crippen molar-refractivity contribution in [2.45, 2.75) is 0 Å². The van der Waals surface area contributed by atoms with E-state index in [4.69, 9.17) is 4.74 Å². The first kappa shape index (κ1) is 11.2. The molecule has 4 heteroatoms. The molecule has 2 aromatic rings. The summed E-state index contributed by atoms with van der Waals surface area (Å²) >= 11 is 3.39. The number of nitrogens with zero attached hydrogens (tertiary/aromatic N) is 1. The van der Waals surface area contributed by atoms with Crippen LogP contribution in [0.5, 0.6) is 0 Å². The maximum Gasteiger partial charge on any atom is 0.344 e. The van der Waals surface area contributed by atoms with Crippen molar-refractivity contribution >= 4 is 33.7 Å². The molecule has 0 atom stereocenters. The summed E-state index contributed by atoms with van der Waals surface area (Å²) < 4.78 is 6.19. The van der Waals surface area contributed by atoms with E-state index in [2.05, 4.69) is 20.9 Å². The fourth-order valence-electron chi connectivity index (χ4n) is 1.83. The van der Waals surface area contributed by atoms with Crippen molar-refractivity contribution in [1.29, 1.82) is 0 Å². The zero-order chi connectivity index (χ0) is 12.5. The number of esters is 1. The van der Waals surface area contributed by atoms with Gasteiger partial charge < -0.3 is 4.74 Å². The molecule has 1 aliphatic heterocycles. The van der Waals surface area contributed by atoms with Gasteiger partial charge in [-0.25, -0.2) is 4.79 Å². The highest BCUT2D eigenvalue weighted by atomic mass is 79.9. The van der Waals surface area contributed by atoms with Gasteiger partial charge in [-0.3, -0.25) is 4.98 Å². The molecule has 1 aliphatic rings. The highest BCUT2D eigenvalue weighted by Crippen LogP contribution is 2.33. The maximum absolute atomic E-state index is 11.7. The third-order valence-electron chi connectivity index (χ3n) is 2.67. The van der Waals surface area contributed by atoms with Crippen LogP contribution in [0.4, 0.5) is 0 Å².